The van der Waals surface area contributed by atoms with E-state index in [4.69, 9.17) is 4.42 Å². The van der Waals surface area contributed by atoms with Crippen molar-refractivity contribution in [2.45, 2.75) is 5.41 Å². The molecule has 0 unspecified atom stereocenters. The maximum absolute atomic E-state index is 6.31. The summed E-state index contributed by atoms with van der Waals surface area (Å²) in [4.78, 5) is 2.44. The van der Waals surface area contributed by atoms with Crippen molar-refractivity contribution in [3.05, 3.63) is 295 Å². The summed E-state index contributed by atoms with van der Waals surface area (Å²) in [5.74, 6) is 0. The number of fused-ring (bicyclic) bond motifs is 6. The van der Waals surface area contributed by atoms with Crippen LogP contribution in [-0.4, -0.2) is 0 Å². The van der Waals surface area contributed by atoms with E-state index in [9.17, 15) is 0 Å². The highest BCUT2D eigenvalue weighted by Gasteiger charge is 2.46. The first-order valence-electron chi connectivity index (χ1n) is 23.7. The minimum Gasteiger partial charge on any atom is -0.456 e. The largest absolute Gasteiger partial charge is 0.456 e. The molecule has 0 amide bonds. The molecule has 0 saturated carbocycles. The first-order valence-corrected chi connectivity index (χ1v) is 23.7. The van der Waals surface area contributed by atoms with Crippen LogP contribution in [0.1, 0.15) is 22.3 Å². The number of rotatable bonds is 9. The van der Waals surface area contributed by atoms with Crippen LogP contribution in [0.2, 0.25) is 0 Å². The van der Waals surface area contributed by atoms with Crippen molar-refractivity contribution in [3.63, 3.8) is 0 Å². The lowest BCUT2D eigenvalue weighted by Crippen LogP contribution is -2.28. The van der Waals surface area contributed by atoms with Crippen molar-refractivity contribution < 1.29 is 4.42 Å². The minimum absolute atomic E-state index is 0.492. The van der Waals surface area contributed by atoms with E-state index >= 15 is 0 Å². The van der Waals surface area contributed by atoms with Gasteiger partial charge in [-0.05, 0) is 121 Å². The van der Waals surface area contributed by atoms with Crippen LogP contribution in [0.25, 0.3) is 77.6 Å². The van der Waals surface area contributed by atoms with Crippen molar-refractivity contribution in [2.24, 2.45) is 0 Å². The van der Waals surface area contributed by atoms with Gasteiger partial charge < -0.3 is 9.32 Å². The highest BCUT2D eigenvalue weighted by molar-refractivity contribution is 6.07. The summed E-state index contributed by atoms with van der Waals surface area (Å²) in [6.45, 7) is 0. The third-order valence-electron chi connectivity index (χ3n) is 14.2. The molecule has 0 atom stereocenters. The number of hydrogen-bond donors (Lipinski definition) is 0. The molecule has 0 spiro atoms. The van der Waals surface area contributed by atoms with Gasteiger partial charge in [-0.25, -0.2) is 0 Å². The molecule has 0 radical (unpaired) electrons. The monoisotopic (exact) mass is 879 g/mol. The maximum atomic E-state index is 6.31. The summed E-state index contributed by atoms with van der Waals surface area (Å²) in [5.41, 5.74) is 21.4. The number of para-hydroxylation sites is 2. The Hall–Kier alpha value is -8.98. The molecule has 12 aromatic rings. The van der Waals surface area contributed by atoms with Crippen molar-refractivity contribution in [3.8, 4) is 55.6 Å². The summed E-state index contributed by atoms with van der Waals surface area (Å²) >= 11 is 0. The van der Waals surface area contributed by atoms with Crippen LogP contribution in [0.15, 0.2) is 277 Å². The lowest BCUT2D eigenvalue weighted by atomic mass is 9.67. The van der Waals surface area contributed by atoms with Crippen molar-refractivity contribution in [1.82, 2.24) is 0 Å². The van der Waals surface area contributed by atoms with Gasteiger partial charge in [0.25, 0.3) is 0 Å². The summed E-state index contributed by atoms with van der Waals surface area (Å²) < 4.78 is 6.31. The second kappa shape index (κ2) is 16.7. The lowest BCUT2D eigenvalue weighted by molar-refractivity contribution is 0.669. The summed E-state index contributed by atoms with van der Waals surface area (Å²) in [6.07, 6.45) is 0. The van der Waals surface area contributed by atoms with Crippen LogP contribution in [0.3, 0.4) is 0 Å². The van der Waals surface area contributed by atoms with Crippen molar-refractivity contribution in [1.29, 1.82) is 0 Å². The normalized spacial score (nSPS) is 12.5. The number of nitrogens with zero attached hydrogens (tertiary/aromatic N) is 1. The first kappa shape index (κ1) is 40.3. The summed E-state index contributed by atoms with van der Waals surface area (Å²) in [7, 11) is 0. The van der Waals surface area contributed by atoms with Gasteiger partial charge in [0.2, 0.25) is 0 Å². The van der Waals surface area contributed by atoms with E-state index in [1.807, 2.05) is 12.1 Å². The zero-order chi connectivity index (χ0) is 45.7. The first-order chi connectivity index (χ1) is 34.2. The quantitative estimate of drug-likeness (QED) is 0.144. The molecule has 0 saturated heterocycles. The highest BCUT2D eigenvalue weighted by Crippen LogP contribution is 2.58. The third kappa shape index (κ3) is 6.72. The van der Waals surface area contributed by atoms with Gasteiger partial charge in [0.1, 0.15) is 11.2 Å². The van der Waals surface area contributed by atoms with Gasteiger partial charge in [-0.3, -0.25) is 0 Å². The van der Waals surface area contributed by atoms with E-state index in [0.29, 0.717) is 0 Å². The topological polar surface area (TPSA) is 16.4 Å². The maximum Gasteiger partial charge on any atom is 0.135 e. The molecule has 0 bridgehead atoms. The number of benzene rings is 11. The average Bonchev–Trinajstić information content (AvgIpc) is 3.96. The molecule has 324 valence electrons. The van der Waals surface area contributed by atoms with E-state index in [2.05, 4.69) is 266 Å². The fourth-order valence-corrected chi connectivity index (χ4v) is 11.1. The second-order valence-electron chi connectivity index (χ2n) is 18.0. The van der Waals surface area contributed by atoms with Gasteiger partial charge in [0.15, 0.2) is 0 Å². The van der Waals surface area contributed by atoms with Gasteiger partial charge in [-0.1, -0.05) is 224 Å². The molecule has 11 aromatic carbocycles. The number of anilines is 3. The van der Waals surface area contributed by atoms with Crippen LogP contribution < -0.4 is 4.90 Å². The minimum atomic E-state index is -0.492. The third-order valence-corrected chi connectivity index (χ3v) is 14.2. The number of hydrogen-bond acceptors (Lipinski definition) is 2. The Morgan fingerprint density at radius 1 is 0.290 bits per heavy atom. The van der Waals surface area contributed by atoms with E-state index < -0.39 is 5.41 Å². The Bertz CT molecular complexity index is 3790. The smallest absolute Gasteiger partial charge is 0.135 e. The Morgan fingerprint density at radius 2 is 0.768 bits per heavy atom. The Labute approximate surface area is 402 Å². The molecule has 0 fully saturated rings. The van der Waals surface area contributed by atoms with Crippen LogP contribution in [-0.2, 0) is 5.41 Å². The average molecular weight is 880 g/mol. The molecule has 69 heavy (non-hydrogen) atoms. The molecule has 2 heteroatoms. The standard InChI is InChI=1S/C67H45NO/c1-4-19-46(20-5-1)47-37-39-48(40-38-47)49-21-16-27-54(43-49)68(63-35-14-11-29-56(63)51-41-42-65-60(45-51)58-30-12-15-36-64(58)69-65)55-28-17-22-50(44-55)57-32-18-34-62-66(57)59-31-10-13-33-61(59)67(62,52-23-6-2-7-24-52)53-25-8-3-9-26-53/h1-45H. The van der Waals surface area contributed by atoms with E-state index in [0.717, 1.165) is 66.8 Å². The number of furan rings is 1. The van der Waals surface area contributed by atoms with Gasteiger partial charge in [0, 0.05) is 27.7 Å². The lowest BCUT2D eigenvalue weighted by Gasteiger charge is -2.34. The van der Waals surface area contributed by atoms with Gasteiger partial charge in [-0.15, -0.1) is 0 Å². The summed E-state index contributed by atoms with van der Waals surface area (Å²) in [6, 6.07) is 99.4. The molecule has 1 aromatic heterocycles. The van der Waals surface area contributed by atoms with E-state index in [1.54, 1.807) is 0 Å². The molecule has 13 rings (SSSR count). The Morgan fingerprint density at radius 3 is 1.51 bits per heavy atom. The molecule has 1 aliphatic carbocycles. The van der Waals surface area contributed by atoms with E-state index in [1.165, 1.54) is 50.1 Å². The Kier molecular flexibility index (Phi) is 9.77. The van der Waals surface area contributed by atoms with Crippen LogP contribution in [0.4, 0.5) is 17.1 Å². The molecule has 0 aliphatic heterocycles. The van der Waals surface area contributed by atoms with Gasteiger partial charge in [0.05, 0.1) is 11.1 Å². The second-order valence-corrected chi connectivity index (χ2v) is 18.0. The van der Waals surface area contributed by atoms with Gasteiger partial charge >= 0.3 is 0 Å². The predicted octanol–water partition coefficient (Wildman–Crippen LogP) is 18.1. The van der Waals surface area contributed by atoms with Crippen LogP contribution >= 0.6 is 0 Å². The molecule has 0 N–H and O–H groups in total. The van der Waals surface area contributed by atoms with E-state index in [-0.39, 0.29) is 0 Å². The molecule has 2 nitrogen and oxygen atoms in total. The zero-order valence-corrected chi connectivity index (χ0v) is 37.8. The fourth-order valence-electron chi connectivity index (χ4n) is 11.1. The summed E-state index contributed by atoms with van der Waals surface area (Å²) in [5, 5.41) is 2.22. The van der Waals surface area contributed by atoms with Crippen molar-refractivity contribution in [2.75, 3.05) is 4.90 Å². The Balaban J connectivity index is 1.00. The molecule has 1 heterocycles. The zero-order valence-electron chi connectivity index (χ0n) is 37.8. The molecular formula is C67H45NO. The van der Waals surface area contributed by atoms with Crippen LogP contribution in [0.5, 0.6) is 0 Å². The fraction of sp³-hybridized carbons (Fsp3) is 0.0149. The molecular weight excluding hydrogens is 835 g/mol. The van der Waals surface area contributed by atoms with Crippen LogP contribution in [0, 0.1) is 0 Å². The van der Waals surface area contributed by atoms with Gasteiger partial charge in [-0.2, -0.15) is 0 Å². The SMILES string of the molecule is c1ccc(-c2ccc(-c3cccc(N(c4cccc(-c5cccc6c5-c5ccccc5C6(c5ccccc5)c5ccccc5)c4)c4ccccc4-c4ccc5oc6ccccc6c5c4)c3)cc2)cc1. The predicted molar refractivity (Wildman–Crippen MR) is 287 cm³/mol. The highest BCUT2D eigenvalue weighted by atomic mass is 16.3. The van der Waals surface area contributed by atoms with Crippen molar-refractivity contribution >= 4 is 39.0 Å². The molecule has 1 aliphatic rings.